The first kappa shape index (κ1) is 13.9. The number of rotatable bonds is 3. The third kappa shape index (κ3) is 3.52. The van der Waals surface area contributed by atoms with Crippen LogP contribution in [0.1, 0.15) is 37.7 Å². The van der Waals surface area contributed by atoms with Crippen molar-refractivity contribution in [3.05, 3.63) is 54.1 Å². The van der Waals surface area contributed by atoms with E-state index in [1.165, 1.54) is 30.0 Å². The zero-order valence-electron chi connectivity index (χ0n) is 12.2. The van der Waals surface area contributed by atoms with Crippen molar-refractivity contribution in [2.24, 2.45) is 0 Å². The van der Waals surface area contributed by atoms with Crippen LogP contribution in [0.4, 0.5) is 0 Å². The molecule has 0 saturated heterocycles. The summed E-state index contributed by atoms with van der Waals surface area (Å²) in [6.07, 6.45) is 9.59. The molecule has 21 heavy (non-hydrogen) atoms. The van der Waals surface area contributed by atoms with Crippen molar-refractivity contribution in [3.63, 3.8) is 0 Å². The van der Waals surface area contributed by atoms with Crippen LogP contribution >= 0.6 is 0 Å². The van der Waals surface area contributed by atoms with E-state index >= 15 is 0 Å². The van der Waals surface area contributed by atoms with E-state index in [1.54, 1.807) is 6.08 Å². The van der Waals surface area contributed by atoms with Crippen molar-refractivity contribution >= 4 is 22.8 Å². The van der Waals surface area contributed by atoms with Gasteiger partial charge >= 0.3 is 0 Å². The van der Waals surface area contributed by atoms with Crippen molar-refractivity contribution < 1.29 is 4.79 Å². The first-order valence-electron chi connectivity index (χ1n) is 7.79. The summed E-state index contributed by atoms with van der Waals surface area (Å²) in [7, 11) is 0. The third-order valence-corrected chi connectivity index (χ3v) is 4.19. The number of benzene rings is 2. The molecule has 0 radical (unpaired) electrons. The zero-order valence-corrected chi connectivity index (χ0v) is 12.2. The molecule has 0 aliphatic heterocycles. The van der Waals surface area contributed by atoms with Gasteiger partial charge in [-0.15, -0.1) is 0 Å². The maximum absolute atomic E-state index is 12.0. The van der Waals surface area contributed by atoms with Crippen molar-refractivity contribution in [2.75, 3.05) is 0 Å². The Labute approximate surface area is 125 Å². The number of fused-ring (bicyclic) bond motifs is 1. The molecular formula is C19H21NO. The largest absolute Gasteiger partial charge is 0.350 e. The fourth-order valence-electron chi connectivity index (χ4n) is 3.06. The lowest BCUT2D eigenvalue weighted by Gasteiger charge is -2.21. The van der Waals surface area contributed by atoms with Crippen molar-refractivity contribution in [3.8, 4) is 0 Å². The molecule has 1 amide bonds. The first-order chi connectivity index (χ1) is 10.3. The van der Waals surface area contributed by atoms with Gasteiger partial charge in [-0.3, -0.25) is 4.79 Å². The molecule has 2 heteroatoms. The lowest BCUT2D eigenvalue weighted by Crippen LogP contribution is -2.34. The highest BCUT2D eigenvalue weighted by atomic mass is 16.1. The van der Waals surface area contributed by atoms with Crippen LogP contribution in [0.25, 0.3) is 16.8 Å². The van der Waals surface area contributed by atoms with E-state index in [-0.39, 0.29) is 5.91 Å². The van der Waals surface area contributed by atoms with Crippen LogP contribution in [0.15, 0.2) is 48.5 Å². The van der Waals surface area contributed by atoms with E-state index < -0.39 is 0 Å². The summed E-state index contributed by atoms with van der Waals surface area (Å²) in [5, 5.41) is 5.49. The Kier molecular flexibility index (Phi) is 4.34. The number of amides is 1. The van der Waals surface area contributed by atoms with Gasteiger partial charge in [0.2, 0.25) is 5.91 Å². The fraction of sp³-hybridized carbons (Fsp3) is 0.316. The quantitative estimate of drug-likeness (QED) is 0.834. The second-order valence-electron chi connectivity index (χ2n) is 5.75. The normalized spacial score (nSPS) is 16.4. The van der Waals surface area contributed by atoms with Crippen molar-refractivity contribution in [2.45, 2.75) is 38.1 Å². The summed E-state index contributed by atoms with van der Waals surface area (Å²) in [5.74, 6) is 0.0230. The van der Waals surface area contributed by atoms with E-state index in [0.29, 0.717) is 6.04 Å². The monoisotopic (exact) mass is 279 g/mol. The van der Waals surface area contributed by atoms with E-state index in [2.05, 4.69) is 23.5 Å². The van der Waals surface area contributed by atoms with E-state index in [9.17, 15) is 4.79 Å². The summed E-state index contributed by atoms with van der Waals surface area (Å²) < 4.78 is 0. The molecule has 2 aromatic carbocycles. The van der Waals surface area contributed by atoms with Gasteiger partial charge in [-0.2, -0.15) is 0 Å². The minimum absolute atomic E-state index is 0.0230. The maximum Gasteiger partial charge on any atom is 0.244 e. The van der Waals surface area contributed by atoms with Gasteiger partial charge in [-0.1, -0.05) is 61.7 Å². The van der Waals surface area contributed by atoms with Gasteiger partial charge < -0.3 is 5.32 Å². The molecule has 2 nitrogen and oxygen atoms in total. The smallest absolute Gasteiger partial charge is 0.244 e. The second kappa shape index (κ2) is 6.57. The average Bonchev–Trinajstić information content (AvgIpc) is 2.54. The van der Waals surface area contributed by atoms with Crippen LogP contribution < -0.4 is 5.32 Å². The number of carbonyl (C=O) groups is 1. The van der Waals surface area contributed by atoms with E-state index in [1.807, 2.05) is 30.3 Å². The highest BCUT2D eigenvalue weighted by Gasteiger charge is 2.14. The van der Waals surface area contributed by atoms with Gasteiger partial charge in [0, 0.05) is 12.1 Å². The Balaban J connectivity index is 1.70. The first-order valence-corrected chi connectivity index (χ1v) is 7.79. The van der Waals surface area contributed by atoms with Crippen LogP contribution in [0.3, 0.4) is 0 Å². The van der Waals surface area contributed by atoms with Crippen molar-refractivity contribution in [1.82, 2.24) is 5.32 Å². The van der Waals surface area contributed by atoms with Crippen LogP contribution in [0.2, 0.25) is 0 Å². The highest BCUT2D eigenvalue weighted by Crippen LogP contribution is 2.20. The molecule has 108 valence electrons. The molecule has 3 rings (SSSR count). The minimum atomic E-state index is 0.0230. The Bertz CT molecular complexity index is 648. The minimum Gasteiger partial charge on any atom is -0.350 e. The van der Waals surface area contributed by atoms with Crippen LogP contribution in [-0.2, 0) is 4.79 Å². The lowest BCUT2D eigenvalue weighted by molar-refractivity contribution is -0.117. The fourth-order valence-corrected chi connectivity index (χ4v) is 3.06. The summed E-state index contributed by atoms with van der Waals surface area (Å²) >= 11 is 0. The number of nitrogens with one attached hydrogen (secondary N) is 1. The Morgan fingerprint density at radius 1 is 1.00 bits per heavy atom. The molecule has 0 unspecified atom stereocenters. The molecule has 0 spiro atoms. The molecule has 1 fully saturated rings. The molecule has 2 aromatic rings. The predicted octanol–water partition coefficient (Wildman–Crippen LogP) is 4.30. The molecule has 1 saturated carbocycles. The second-order valence-corrected chi connectivity index (χ2v) is 5.75. The maximum atomic E-state index is 12.0. The molecule has 1 aliphatic carbocycles. The number of hydrogen-bond donors (Lipinski definition) is 1. The van der Waals surface area contributed by atoms with Gasteiger partial charge in [0.1, 0.15) is 0 Å². The number of carbonyl (C=O) groups excluding carboxylic acids is 1. The SMILES string of the molecule is O=C(/C=C/c1cccc2ccccc12)NC1CCCCC1. The average molecular weight is 279 g/mol. The summed E-state index contributed by atoms with van der Waals surface area (Å²) in [6.45, 7) is 0. The highest BCUT2D eigenvalue weighted by molar-refractivity contribution is 5.96. The zero-order chi connectivity index (χ0) is 14.5. The molecule has 1 aliphatic rings. The van der Waals surface area contributed by atoms with E-state index in [0.717, 1.165) is 18.4 Å². The van der Waals surface area contributed by atoms with E-state index in [4.69, 9.17) is 0 Å². The Hall–Kier alpha value is -2.09. The van der Waals surface area contributed by atoms with Gasteiger partial charge in [0.25, 0.3) is 0 Å². The van der Waals surface area contributed by atoms with Crippen molar-refractivity contribution in [1.29, 1.82) is 0 Å². The Morgan fingerprint density at radius 2 is 1.76 bits per heavy atom. The van der Waals surface area contributed by atoms with Crippen LogP contribution in [-0.4, -0.2) is 11.9 Å². The molecule has 0 bridgehead atoms. The van der Waals surface area contributed by atoms with Gasteiger partial charge in [-0.25, -0.2) is 0 Å². The summed E-state index contributed by atoms with van der Waals surface area (Å²) in [5.41, 5.74) is 1.09. The third-order valence-electron chi connectivity index (χ3n) is 4.19. The molecule has 0 aromatic heterocycles. The lowest BCUT2D eigenvalue weighted by atomic mass is 9.95. The van der Waals surface area contributed by atoms with Gasteiger partial charge in [0.05, 0.1) is 0 Å². The molecule has 0 atom stereocenters. The molecule has 1 N–H and O–H groups in total. The van der Waals surface area contributed by atoms with Crippen LogP contribution in [0, 0.1) is 0 Å². The van der Waals surface area contributed by atoms with Gasteiger partial charge in [0.15, 0.2) is 0 Å². The topological polar surface area (TPSA) is 29.1 Å². The summed E-state index contributed by atoms with van der Waals surface area (Å²) in [4.78, 5) is 12.0. The van der Waals surface area contributed by atoms with Gasteiger partial charge in [-0.05, 0) is 35.3 Å². The van der Waals surface area contributed by atoms with Crippen LogP contribution in [0.5, 0.6) is 0 Å². The predicted molar refractivity (Wildman–Crippen MR) is 88.0 cm³/mol. The standard InChI is InChI=1S/C19H21NO/c21-19(20-17-10-2-1-3-11-17)14-13-16-9-6-8-15-7-4-5-12-18(15)16/h4-9,12-14,17H,1-3,10-11H2,(H,20,21)/b14-13+. The molecule has 0 heterocycles. The number of hydrogen-bond acceptors (Lipinski definition) is 1. The molecular weight excluding hydrogens is 258 g/mol. The Morgan fingerprint density at radius 3 is 2.62 bits per heavy atom. The summed E-state index contributed by atoms with van der Waals surface area (Å²) in [6, 6.07) is 14.8.